The standard InChI is InChI=1S/C20H22Cl2N4O3S/c1-8-12(21)13(22)16(23-8)18(27)24-15-10-6-26(7-11(10)15)20-25-14(9-4-2-3-5-9)17(30-20)19(28)29/h9-11,15,23H,2-7H2,1H3,(H,24,27)(H,28,29)/t10-,11+,15+. The Kier molecular flexibility index (Phi) is 4.99. The largest absolute Gasteiger partial charge is 0.477 e. The van der Waals surface area contributed by atoms with E-state index in [4.69, 9.17) is 28.2 Å². The summed E-state index contributed by atoms with van der Waals surface area (Å²) in [7, 11) is 0. The molecule has 0 radical (unpaired) electrons. The number of H-pyrrole nitrogens is 1. The molecule has 0 bridgehead atoms. The van der Waals surface area contributed by atoms with Gasteiger partial charge in [-0.2, -0.15) is 0 Å². The lowest BCUT2D eigenvalue weighted by molar-refractivity contribution is 0.0700. The number of carbonyl (C=O) groups excluding carboxylic acids is 1. The average molecular weight is 469 g/mol. The van der Waals surface area contributed by atoms with Crippen molar-refractivity contribution in [2.45, 2.75) is 44.6 Å². The van der Waals surface area contributed by atoms with Crippen LogP contribution in [0.3, 0.4) is 0 Å². The number of piperidine rings is 1. The molecule has 2 saturated carbocycles. The number of amides is 1. The van der Waals surface area contributed by atoms with Gasteiger partial charge in [-0.3, -0.25) is 4.79 Å². The zero-order chi connectivity index (χ0) is 21.2. The van der Waals surface area contributed by atoms with Gasteiger partial charge >= 0.3 is 5.97 Å². The van der Waals surface area contributed by atoms with Crippen LogP contribution in [0.1, 0.15) is 63.1 Å². The Morgan fingerprint density at radius 1 is 1.20 bits per heavy atom. The fraction of sp³-hybridized carbons (Fsp3) is 0.550. The number of carbonyl (C=O) groups is 2. The molecule has 5 rings (SSSR count). The van der Waals surface area contributed by atoms with E-state index < -0.39 is 5.97 Å². The predicted octanol–water partition coefficient (Wildman–Crippen LogP) is 4.31. The van der Waals surface area contributed by atoms with Crippen LogP contribution in [0.5, 0.6) is 0 Å². The van der Waals surface area contributed by atoms with Gasteiger partial charge in [0, 0.05) is 42.6 Å². The van der Waals surface area contributed by atoms with Crippen molar-refractivity contribution in [1.29, 1.82) is 0 Å². The molecular formula is C20H22Cl2N4O3S. The summed E-state index contributed by atoms with van der Waals surface area (Å²) in [4.78, 5) is 34.5. The smallest absolute Gasteiger partial charge is 0.347 e. The molecule has 1 amide bonds. The number of carboxylic acid groups (broad SMARTS) is 1. The number of rotatable bonds is 5. The molecule has 1 aliphatic heterocycles. The third-order valence-electron chi connectivity index (χ3n) is 6.62. The lowest BCUT2D eigenvalue weighted by Crippen LogP contribution is -2.34. The van der Waals surface area contributed by atoms with E-state index in [9.17, 15) is 14.7 Å². The third-order valence-corrected chi connectivity index (χ3v) is 8.69. The number of nitrogens with one attached hydrogen (secondary N) is 2. The van der Waals surface area contributed by atoms with E-state index in [0.29, 0.717) is 33.1 Å². The Labute approximate surface area is 187 Å². The number of nitrogens with zero attached hydrogens (tertiary/aromatic N) is 2. The van der Waals surface area contributed by atoms with Crippen molar-refractivity contribution in [3.63, 3.8) is 0 Å². The van der Waals surface area contributed by atoms with E-state index in [2.05, 4.69) is 15.2 Å². The first-order valence-electron chi connectivity index (χ1n) is 10.2. The zero-order valence-electron chi connectivity index (χ0n) is 16.4. The molecule has 3 heterocycles. The molecule has 2 aromatic heterocycles. The lowest BCUT2D eigenvalue weighted by atomic mass is 10.0. The topological polar surface area (TPSA) is 98.3 Å². The minimum Gasteiger partial charge on any atom is -0.477 e. The van der Waals surface area contributed by atoms with E-state index in [-0.39, 0.29) is 22.9 Å². The van der Waals surface area contributed by atoms with Crippen molar-refractivity contribution in [2.24, 2.45) is 11.8 Å². The minimum atomic E-state index is -0.882. The van der Waals surface area contributed by atoms with Crippen molar-refractivity contribution < 1.29 is 14.7 Å². The van der Waals surface area contributed by atoms with Crippen LogP contribution < -0.4 is 10.2 Å². The second-order valence-corrected chi connectivity index (χ2v) is 10.2. The van der Waals surface area contributed by atoms with Crippen LogP contribution >= 0.6 is 34.5 Å². The fourth-order valence-electron chi connectivity index (χ4n) is 4.93. The maximum Gasteiger partial charge on any atom is 0.347 e. The van der Waals surface area contributed by atoms with Crippen molar-refractivity contribution in [3.05, 3.63) is 32.0 Å². The maximum atomic E-state index is 12.6. The summed E-state index contributed by atoms with van der Waals surface area (Å²) < 4.78 is 0. The molecule has 2 aliphatic carbocycles. The molecule has 2 aromatic rings. The molecule has 7 nitrogen and oxygen atoms in total. The van der Waals surface area contributed by atoms with Crippen LogP contribution in [0.2, 0.25) is 10.0 Å². The van der Waals surface area contributed by atoms with E-state index in [0.717, 1.165) is 49.6 Å². The number of aromatic nitrogens is 2. The highest BCUT2D eigenvalue weighted by molar-refractivity contribution is 7.17. The first-order valence-corrected chi connectivity index (χ1v) is 11.8. The van der Waals surface area contributed by atoms with Crippen LogP contribution in [-0.4, -0.2) is 46.1 Å². The Balaban J connectivity index is 1.24. The summed E-state index contributed by atoms with van der Waals surface area (Å²) in [5, 5.41) is 14.1. The average Bonchev–Trinajstić information content (AvgIpc) is 3.29. The number of thiazole rings is 1. The summed E-state index contributed by atoms with van der Waals surface area (Å²) >= 11 is 13.5. The first kappa shape index (κ1) is 20.2. The number of hydrogen-bond acceptors (Lipinski definition) is 5. The van der Waals surface area contributed by atoms with Crippen molar-refractivity contribution in [1.82, 2.24) is 15.3 Å². The fourth-order valence-corrected chi connectivity index (χ4v) is 6.36. The van der Waals surface area contributed by atoms with Gasteiger partial charge in [-0.25, -0.2) is 9.78 Å². The van der Waals surface area contributed by atoms with Gasteiger partial charge in [-0.05, 0) is 19.8 Å². The summed E-state index contributed by atoms with van der Waals surface area (Å²) in [5.41, 5.74) is 1.73. The van der Waals surface area contributed by atoms with Crippen LogP contribution in [0.25, 0.3) is 0 Å². The van der Waals surface area contributed by atoms with Gasteiger partial charge in [0.1, 0.15) is 10.6 Å². The number of aryl methyl sites for hydroxylation is 1. The second-order valence-electron chi connectivity index (χ2n) is 8.48. The van der Waals surface area contributed by atoms with Crippen LogP contribution in [0.4, 0.5) is 5.13 Å². The first-order chi connectivity index (χ1) is 14.3. The molecular weight excluding hydrogens is 447 g/mol. The lowest BCUT2D eigenvalue weighted by Gasteiger charge is -2.19. The van der Waals surface area contributed by atoms with Crippen LogP contribution in [0.15, 0.2) is 0 Å². The van der Waals surface area contributed by atoms with Crippen LogP contribution in [0, 0.1) is 18.8 Å². The van der Waals surface area contributed by atoms with E-state index in [1.54, 1.807) is 6.92 Å². The molecule has 3 fully saturated rings. The summed E-state index contributed by atoms with van der Waals surface area (Å²) in [6.07, 6.45) is 4.32. The van der Waals surface area contributed by atoms with Crippen molar-refractivity contribution in [3.8, 4) is 0 Å². The molecule has 0 spiro atoms. The number of fused-ring (bicyclic) bond motifs is 1. The van der Waals surface area contributed by atoms with Crippen molar-refractivity contribution >= 4 is 51.5 Å². The minimum absolute atomic E-state index is 0.0976. The highest BCUT2D eigenvalue weighted by Gasteiger charge is 2.57. The third kappa shape index (κ3) is 3.29. The monoisotopic (exact) mass is 468 g/mol. The van der Waals surface area contributed by atoms with Gasteiger partial charge in [0.25, 0.3) is 5.91 Å². The number of hydrogen-bond donors (Lipinski definition) is 3. The van der Waals surface area contributed by atoms with Gasteiger partial charge in [-0.1, -0.05) is 47.4 Å². The Morgan fingerprint density at radius 2 is 1.87 bits per heavy atom. The van der Waals surface area contributed by atoms with E-state index in [1.807, 2.05) is 0 Å². The SMILES string of the molecule is Cc1[nH]c(C(=O)N[C@H]2[C@@H]3CN(c4nc(C5CCCC5)c(C(=O)O)s4)C[C@@H]32)c(Cl)c1Cl. The molecule has 10 heteroatoms. The van der Waals surface area contributed by atoms with Gasteiger partial charge in [0.15, 0.2) is 5.13 Å². The predicted molar refractivity (Wildman–Crippen MR) is 116 cm³/mol. The molecule has 160 valence electrons. The number of aromatic carboxylic acids is 1. The molecule has 30 heavy (non-hydrogen) atoms. The molecule has 0 aromatic carbocycles. The van der Waals surface area contributed by atoms with E-state index in [1.165, 1.54) is 11.3 Å². The Morgan fingerprint density at radius 3 is 2.43 bits per heavy atom. The van der Waals surface area contributed by atoms with Gasteiger partial charge < -0.3 is 20.3 Å². The molecule has 3 aliphatic rings. The summed E-state index contributed by atoms with van der Waals surface area (Å²) in [6, 6.07) is 0.0976. The molecule has 3 atom stereocenters. The quantitative estimate of drug-likeness (QED) is 0.607. The van der Waals surface area contributed by atoms with E-state index >= 15 is 0 Å². The van der Waals surface area contributed by atoms with Gasteiger partial charge in [-0.15, -0.1) is 0 Å². The summed E-state index contributed by atoms with van der Waals surface area (Å²) in [6.45, 7) is 3.31. The van der Waals surface area contributed by atoms with Gasteiger partial charge in [0.05, 0.1) is 15.7 Å². The molecule has 1 saturated heterocycles. The number of carboxylic acids is 1. The Hall–Kier alpha value is -1.77. The van der Waals surface area contributed by atoms with Crippen molar-refractivity contribution in [2.75, 3.05) is 18.0 Å². The second kappa shape index (κ2) is 7.43. The molecule has 3 N–H and O–H groups in total. The highest BCUT2D eigenvalue weighted by atomic mass is 35.5. The maximum absolute atomic E-state index is 12.6. The Bertz CT molecular complexity index is 1020. The normalized spacial score (nSPS) is 25.6. The summed E-state index contributed by atoms with van der Waals surface area (Å²) in [5.74, 6) is -0.178. The highest BCUT2D eigenvalue weighted by Crippen LogP contribution is 2.48. The number of aromatic amines is 1. The number of anilines is 1. The zero-order valence-corrected chi connectivity index (χ0v) is 18.7. The van der Waals surface area contributed by atoms with Gasteiger partial charge in [0.2, 0.25) is 0 Å². The van der Waals surface area contributed by atoms with Crippen LogP contribution in [-0.2, 0) is 0 Å². The molecule has 0 unspecified atom stereocenters. The number of halogens is 2.